The smallest absolute Gasteiger partial charge is 0.150 e. The second-order valence-electron chi connectivity index (χ2n) is 2.50. The minimum Gasteiger partial charge on any atom is -0.324 e. The molecule has 0 bridgehead atoms. The maximum atomic E-state index is 10.7. The lowest BCUT2D eigenvalue weighted by molar-refractivity contribution is -0.116. The number of hydrogen-bond donors (Lipinski definition) is 1. The third-order valence-electron chi connectivity index (χ3n) is 1.33. The van der Waals surface area contributed by atoms with E-state index in [9.17, 15) is 4.79 Å². The summed E-state index contributed by atoms with van der Waals surface area (Å²) >= 11 is 0. The molecule has 0 rings (SSSR count). The Labute approximate surface area is 73.5 Å². The average molecular weight is 165 g/mol. The van der Waals surface area contributed by atoms with Gasteiger partial charge < -0.3 is 5.73 Å². The number of allylic oxidation sites excluding steroid dienone is 5. The molecule has 0 aromatic rings. The Bertz CT molecular complexity index is 214. The molecule has 0 saturated heterocycles. The number of Topliss-reactive ketones (excluding diaryl/α,β-unsaturated/α-hetero) is 1. The van der Waals surface area contributed by atoms with Gasteiger partial charge in [0.2, 0.25) is 0 Å². The minimum absolute atomic E-state index is 0.0534. The first-order chi connectivity index (χ1) is 5.70. The van der Waals surface area contributed by atoms with Crippen LogP contribution in [0.15, 0.2) is 36.5 Å². The van der Waals surface area contributed by atoms with Crippen molar-refractivity contribution < 1.29 is 4.79 Å². The minimum atomic E-state index is 0.0534. The van der Waals surface area contributed by atoms with Crippen molar-refractivity contribution in [2.45, 2.75) is 13.3 Å². The van der Waals surface area contributed by atoms with Gasteiger partial charge in [-0.3, -0.25) is 4.79 Å². The first-order valence-corrected chi connectivity index (χ1v) is 3.88. The topological polar surface area (TPSA) is 43.1 Å². The van der Waals surface area contributed by atoms with Crippen molar-refractivity contribution in [1.82, 2.24) is 0 Å². The lowest BCUT2D eigenvalue weighted by Gasteiger charge is -1.90. The van der Waals surface area contributed by atoms with Crippen LogP contribution in [0.25, 0.3) is 0 Å². The maximum absolute atomic E-state index is 10.7. The summed E-state index contributed by atoms with van der Waals surface area (Å²) in [6.07, 6.45) is 7.70. The van der Waals surface area contributed by atoms with E-state index in [2.05, 4.69) is 6.58 Å². The van der Waals surface area contributed by atoms with E-state index in [0.29, 0.717) is 6.42 Å². The molecule has 0 aromatic carbocycles. The summed E-state index contributed by atoms with van der Waals surface area (Å²) in [5.74, 6) is 0.0534. The number of rotatable bonds is 5. The molecular weight excluding hydrogens is 150 g/mol. The van der Waals surface area contributed by atoms with Gasteiger partial charge in [-0.2, -0.15) is 0 Å². The van der Waals surface area contributed by atoms with Crippen molar-refractivity contribution in [2.24, 2.45) is 5.73 Å². The third kappa shape index (κ3) is 5.62. The van der Waals surface area contributed by atoms with Crippen molar-refractivity contribution in [3.63, 3.8) is 0 Å². The first-order valence-electron chi connectivity index (χ1n) is 3.88. The van der Waals surface area contributed by atoms with Crippen LogP contribution in [0.4, 0.5) is 0 Å². The Hall–Kier alpha value is -1.15. The van der Waals surface area contributed by atoms with Crippen LogP contribution in [-0.4, -0.2) is 12.3 Å². The highest BCUT2D eigenvalue weighted by Gasteiger charge is 1.91. The Morgan fingerprint density at radius 3 is 2.75 bits per heavy atom. The molecule has 0 aliphatic carbocycles. The third-order valence-corrected chi connectivity index (χ3v) is 1.33. The molecule has 0 aliphatic rings. The monoisotopic (exact) mass is 165 g/mol. The van der Waals surface area contributed by atoms with Crippen LogP contribution in [0.2, 0.25) is 0 Å². The molecular formula is C10H15NO. The van der Waals surface area contributed by atoms with Gasteiger partial charge in [0, 0.05) is 6.42 Å². The van der Waals surface area contributed by atoms with Crippen LogP contribution < -0.4 is 5.73 Å². The molecule has 66 valence electrons. The molecule has 2 heteroatoms. The summed E-state index contributed by atoms with van der Waals surface area (Å²) in [4.78, 5) is 10.7. The van der Waals surface area contributed by atoms with Crippen molar-refractivity contribution in [3.8, 4) is 0 Å². The van der Waals surface area contributed by atoms with Crippen molar-refractivity contribution >= 4 is 5.78 Å². The fraction of sp³-hybridized carbons (Fsp3) is 0.300. The second-order valence-corrected chi connectivity index (χ2v) is 2.50. The van der Waals surface area contributed by atoms with Crippen molar-refractivity contribution in [1.29, 1.82) is 0 Å². The van der Waals surface area contributed by atoms with Gasteiger partial charge in [0.05, 0.1) is 6.54 Å². The highest BCUT2D eigenvalue weighted by Crippen LogP contribution is 1.96. The second kappa shape index (κ2) is 6.55. The van der Waals surface area contributed by atoms with Crippen LogP contribution in [0.1, 0.15) is 13.3 Å². The number of carbonyl (C=O) groups excluding carboxylic acids is 1. The molecule has 0 atom stereocenters. The SMILES string of the molecule is C=C/C=C(C)\C=C/CC(=O)CN. The number of nitrogens with two attached hydrogens (primary N) is 1. The van der Waals surface area contributed by atoms with Gasteiger partial charge in [-0.15, -0.1) is 0 Å². The fourth-order valence-corrected chi connectivity index (χ4v) is 0.701. The molecule has 0 heterocycles. The Balaban J connectivity index is 3.83. The standard InChI is InChI=1S/C10H15NO/c1-3-5-9(2)6-4-7-10(12)8-11/h3-6H,1,7-8,11H2,2H3/b6-4-,9-5-. The predicted octanol–water partition coefficient (Wildman–Crippen LogP) is 1.59. The quantitative estimate of drug-likeness (QED) is 0.629. The largest absolute Gasteiger partial charge is 0.324 e. The van der Waals surface area contributed by atoms with E-state index in [-0.39, 0.29) is 12.3 Å². The lowest BCUT2D eigenvalue weighted by Crippen LogP contribution is -2.11. The zero-order valence-corrected chi connectivity index (χ0v) is 7.42. The zero-order valence-electron chi connectivity index (χ0n) is 7.42. The molecule has 0 radical (unpaired) electrons. The molecule has 2 N–H and O–H groups in total. The summed E-state index contributed by atoms with van der Waals surface area (Å²) in [6.45, 7) is 5.63. The van der Waals surface area contributed by atoms with E-state index in [1.54, 1.807) is 6.08 Å². The number of carbonyl (C=O) groups is 1. The van der Waals surface area contributed by atoms with Crippen LogP contribution >= 0.6 is 0 Å². The molecule has 0 unspecified atom stereocenters. The summed E-state index contributed by atoms with van der Waals surface area (Å²) in [5, 5.41) is 0. The summed E-state index contributed by atoms with van der Waals surface area (Å²) < 4.78 is 0. The van der Waals surface area contributed by atoms with Gasteiger partial charge in [0.1, 0.15) is 5.78 Å². The van der Waals surface area contributed by atoms with Crippen LogP contribution in [0.3, 0.4) is 0 Å². The van der Waals surface area contributed by atoms with E-state index in [1.807, 2.05) is 25.2 Å². The molecule has 2 nitrogen and oxygen atoms in total. The van der Waals surface area contributed by atoms with Gasteiger partial charge in [-0.05, 0) is 6.92 Å². The summed E-state index contributed by atoms with van der Waals surface area (Å²) in [6, 6.07) is 0. The Morgan fingerprint density at radius 1 is 1.58 bits per heavy atom. The fourth-order valence-electron chi connectivity index (χ4n) is 0.701. The van der Waals surface area contributed by atoms with Gasteiger partial charge in [0.25, 0.3) is 0 Å². The van der Waals surface area contributed by atoms with E-state index in [0.717, 1.165) is 5.57 Å². The number of ketones is 1. The van der Waals surface area contributed by atoms with Gasteiger partial charge >= 0.3 is 0 Å². The molecule has 0 saturated carbocycles. The van der Waals surface area contributed by atoms with Gasteiger partial charge in [-0.1, -0.05) is 36.5 Å². The van der Waals surface area contributed by atoms with Crippen molar-refractivity contribution in [3.05, 3.63) is 36.5 Å². The van der Waals surface area contributed by atoms with E-state index < -0.39 is 0 Å². The lowest BCUT2D eigenvalue weighted by atomic mass is 10.2. The number of hydrogen-bond acceptors (Lipinski definition) is 2. The zero-order chi connectivity index (χ0) is 9.40. The normalized spacial score (nSPS) is 12.0. The molecule has 0 amide bonds. The van der Waals surface area contributed by atoms with Crippen LogP contribution in [0, 0.1) is 0 Å². The summed E-state index contributed by atoms with van der Waals surface area (Å²) in [5.41, 5.74) is 6.21. The first kappa shape index (κ1) is 10.8. The van der Waals surface area contributed by atoms with Crippen LogP contribution in [0.5, 0.6) is 0 Å². The molecule has 0 fully saturated rings. The molecule has 0 aromatic heterocycles. The molecule has 0 aliphatic heterocycles. The maximum Gasteiger partial charge on any atom is 0.150 e. The van der Waals surface area contributed by atoms with E-state index in [1.165, 1.54) is 0 Å². The highest BCUT2D eigenvalue weighted by molar-refractivity contribution is 5.81. The molecule has 0 spiro atoms. The molecule has 12 heavy (non-hydrogen) atoms. The predicted molar refractivity (Wildman–Crippen MR) is 51.8 cm³/mol. The van der Waals surface area contributed by atoms with Crippen molar-refractivity contribution in [2.75, 3.05) is 6.54 Å². The highest BCUT2D eigenvalue weighted by atomic mass is 16.1. The van der Waals surface area contributed by atoms with Gasteiger partial charge in [-0.25, -0.2) is 0 Å². The van der Waals surface area contributed by atoms with Gasteiger partial charge in [0.15, 0.2) is 0 Å². The average Bonchev–Trinajstić information content (AvgIpc) is 2.04. The van der Waals surface area contributed by atoms with E-state index in [4.69, 9.17) is 5.73 Å². The Morgan fingerprint density at radius 2 is 2.25 bits per heavy atom. The Kier molecular flexibility index (Phi) is 5.93. The van der Waals surface area contributed by atoms with Crippen LogP contribution in [-0.2, 0) is 4.79 Å². The summed E-state index contributed by atoms with van der Waals surface area (Å²) in [7, 11) is 0. The van der Waals surface area contributed by atoms with E-state index >= 15 is 0 Å².